The zero-order valence-electron chi connectivity index (χ0n) is 19.2. The minimum Gasteiger partial charge on any atom is -0.373 e. The highest BCUT2D eigenvalue weighted by Gasteiger charge is 2.36. The molecule has 172 valence electrons. The van der Waals surface area contributed by atoms with Gasteiger partial charge in [-0.1, -0.05) is 29.7 Å². The molecule has 0 unspecified atom stereocenters. The number of aromatic nitrogens is 2. The van der Waals surface area contributed by atoms with E-state index >= 15 is 0 Å². The van der Waals surface area contributed by atoms with E-state index in [4.69, 9.17) is 32.6 Å². The van der Waals surface area contributed by atoms with Gasteiger partial charge in [-0.3, -0.25) is 9.58 Å². The van der Waals surface area contributed by atoms with Gasteiger partial charge in [-0.05, 0) is 62.8 Å². The lowest BCUT2D eigenvalue weighted by molar-refractivity contribution is -0.107. The SMILES string of the molecule is C#CCOC[C@H]1CN(C2CCC(c3cc(C)n(C)n3)CC2)[C@@H](Cc2ccc(Cl)cc2)CO1. The van der Waals surface area contributed by atoms with Crippen molar-refractivity contribution in [2.24, 2.45) is 7.05 Å². The van der Waals surface area contributed by atoms with Crippen molar-refractivity contribution >= 4 is 11.6 Å². The van der Waals surface area contributed by atoms with Gasteiger partial charge in [-0.2, -0.15) is 5.10 Å². The zero-order valence-corrected chi connectivity index (χ0v) is 19.9. The van der Waals surface area contributed by atoms with Crippen LogP contribution in [0.1, 0.15) is 48.6 Å². The molecule has 2 fully saturated rings. The van der Waals surface area contributed by atoms with Crippen LogP contribution < -0.4 is 0 Å². The van der Waals surface area contributed by atoms with Gasteiger partial charge in [0.1, 0.15) is 6.61 Å². The number of ether oxygens (including phenoxy) is 2. The highest BCUT2D eigenvalue weighted by Crippen LogP contribution is 2.36. The molecule has 1 aliphatic heterocycles. The second-order valence-corrected chi connectivity index (χ2v) is 9.63. The highest BCUT2D eigenvalue weighted by molar-refractivity contribution is 6.30. The monoisotopic (exact) mass is 455 g/mol. The van der Waals surface area contributed by atoms with E-state index in [1.807, 2.05) is 23.9 Å². The molecular formula is C26H34ClN3O2. The molecule has 2 heterocycles. The van der Waals surface area contributed by atoms with Crippen LogP contribution in [0.3, 0.4) is 0 Å². The third-order valence-electron chi connectivity index (χ3n) is 7.00. The zero-order chi connectivity index (χ0) is 22.5. The maximum Gasteiger partial charge on any atom is 0.107 e. The summed E-state index contributed by atoms with van der Waals surface area (Å²) in [5, 5.41) is 5.52. The molecule has 1 aliphatic carbocycles. The van der Waals surface area contributed by atoms with Gasteiger partial charge in [0.2, 0.25) is 0 Å². The predicted octanol–water partition coefficient (Wildman–Crippen LogP) is 4.37. The quantitative estimate of drug-likeness (QED) is 0.459. The lowest BCUT2D eigenvalue weighted by Gasteiger charge is -2.46. The molecule has 0 N–H and O–H groups in total. The molecule has 0 amide bonds. The minimum atomic E-state index is 0.0704. The highest BCUT2D eigenvalue weighted by atomic mass is 35.5. The molecule has 0 radical (unpaired) electrons. The number of hydrogen-bond donors (Lipinski definition) is 0. The molecule has 1 saturated carbocycles. The van der Waals surface area contributed by atoms with Gasteiger partial charge in [0.25, 0.3) is 0 Å². The average molecular weight is 456 g/mol. The molecule has 2 atom stereocenters. The summed E-state index contributed by atoms with van der Waals surface area (Å²) in [6.45, 7) is 4.62. The second kappa shape index (κ2) is 10.9. The summed E-state index contributed by atoms with van der Waals surface area (Å²) < 4.78 is 13.8. The largest absolute Gasteiger partial charge is 0.373 e. The summed E-state index contributed by atoms with van der Waals surface area (Å²) in [5.74, 6) is 3.11. The summed E-state index contributed by atoms with van der Waals surface area (Å²) in [6.07, 6.45) is 11.1. The van der Waals surface area contributed by atoms with Crippen LogP contribution in [0.25, 0.3) is 0 Å². The van der Waals surface area contributed by atoms with Crippen molar-refractivity contribution in [3.8, 4) is 12.3 Å². The molecule has 2 aliphatic rings. The molecule has 6 heteroatoms. The van der Waals surface area contributed by atoms with Gasteiger partial charge in [0, 0.05) is 42.3 Å². The van der Waals surface area contributed by atoms with Crippen molar-refractivity contribution in [2.75, 3.05) is 26.4 Å². The lowest BCUT2D eigenvalue weighted by atomic mass is 9.82. The summed E-state index contributed by atoms with van der Waals surface area (Å²) in [5.41, 5.74) is 3.78. The molecule has 5 nitrogen and oxygen atoms in total. The van der Waals surface area contributed by atoms with E-state index in [0.29, 0.717) is 37.8 Å². The first kappa shape index (κ1) is 23.3. The van der Waals surface area contributed by atoms with Gasteiger partial charge in [0.15, 0.2) is 0 Å². The summed E-state index contributed by atoms with van der Waals surface area (Å²) in [6, 6.07) is 11.4. The van der Waals surface area contributed by atoms with Gasteiger partial charge >= 0.3 is 0 Å². The van der Waals surface area contributed by atoms with Gasteiger partial charge < -0.3 is 9.47 Å². The molecule has 4 rings (SSSR count). The van der Waals surface area contributed by atoms with Crippen LogP contribution in [0.5, 0.6) is 0 Å². The first-order chi connectivity index (χ1) is 15.5. The Bertz CT molecular complexity index is 893. The van der Waals surface area contributed by atoms with Crippen molar-refractivity contribution in [2.45, 2.75) is 63.1 Å². The summed E-state index contributed by atoms with van der Waals surface area (Å²) in [7, 11) is 2.03. The molecule has 1 saturated heterocycles. The van der Waals surface area contributed by atoms with Crippen molar-refractivity contribution in [1.29, 1.82) is 0 Å². The number of nitrogens with zero attached hydrogens (tertiary/aromatic N) is 3. The fourth-order valence-corrected chi connectivity index (χ4v) is 5.26. The van der Waals surface area contributed by atoms with Crippen molar-refractivity contribution in [3.63, 3.8) is 0 Å². The number of terminal acetylenes is 1. The lowest BCUT2D eigenvalue weighted by Crippen LogP contribution is -2.56. The number of hydrogen-bond acceptors (Lipinski definition) is 4. The van der Waals surface area contributed by atoms with Crippen LogP contribution in [0.15, 0.2) is 30.3 Å². The molecule has 32 heavy (non-hydrogen) atoms. The Balaban J connectivity index is 1.42. The topological polar surface area (TPSA) is 39.5 Å². The Labute approximate surface area is 197 Å². The Morgan fingerprint density at radius 1 is 1.22 bits per heavy atom. The summed E-state index contributed by atoms with van der Waals surface area (Å²) >= 11 is 6.09. The Morgan fingerprint density at radius 3 is 2.62 bits per heavy atom. The van der Waals surface area contributed by atoms with E-state index in [1.165, 1.54) is 42.6 Å². The first-order valence-corrected chi connectivity index (χ1v) is 12.0. The number of rotatable bonds is 7. The smallest absolute Gasteiger partial charge is 0.107 e. The van der Waals surface area contributed by atoms with E-state index in [1.54, 1.807) is 0 Å². The molecule has 0 bridgehead atoms. The van der Waals surface area contributed by atoms with Crippen molar-refractivity contribution < 1.29 is 9.47 Å². The van der Waals surface area contributed by atoms with Crippen LogP contribution in [-0.2, 0) is 22.9 Å². The molecular weight excluding hydrogens is 422 g/mol. The minimum absolute atomic E-state index is 0.0704. The van der Waals surface area contributed by atoms with Crippen LogP contribution in [-0.4, -0.2) is 59.2 Å². The van der Waals surface area contributed by atoms with E-state index in [-0.39, 0.29) is 6.10 Å². The van der Waals surface area contributed by atoms with Gasteiger partial charge in [0.05, 0.1) is 25.0 Å². The number of halogens is 1. The average Bonchev–Trinajstić information content (AvgIpc) is 3.15. The molecule has 1 aromatic heterocycles. The van der Waals surface area contributed by atoms with E-state index in [9.17, 15) is 0 Å². The number of benzene rings is 1. The van der Waals surface area contributed by atoms with Gasteiger partial charge in [-0.25, -0.2) is 0 Å². The second-order valence-electron chi connectivity index (χ2n) is 9.20. The molecule has 2 aromatic rings. The summed E-state index contributed by atoms with van der Waals surface area (Å²) in [4.78, 5) is 2.68. The molecule has 1 aromatic carbocycles. The maximum atomic E-state index is 6.19. The standard InChI is InChI=1S/C26H34ClN3O2/c1-4-13-31-18-25-16-30(24(17-32-25)15-20-5-9-22(27)10-6-20)23-11-7-21(8-12-23)26-14-19(2)29(3)28-26/h1,5-6,9-10,14,21,23-25H,7-8,11-13,15-18H2,2-3H3/t21?,23?,24-,25+/m0/s1. The number of aryl methyl sites for hydroxylation is 2. The predicted molar refractivity (Wildman–Crippen MR) is 128 cm³/mol. The number of morpholine rings is 1. The van der Waals surface area contributed by atoms with E-state index < -0.39 is 0 Å². The van der Waals surface area contributed by atoms with Gasteiger partial charge in [-0.15, -0.1) is 6.42 Å². The Hall–Kier alpha value is -1.84. The third-order valence-corrected chi connectivity index (χ3v) is 7.25. The van der Waals surface area contributed by atoms with Crippen LogP contribution >= 0.6 is 11.6 Å². The molecule has 0 spiro atoms. The van der Waals surface area contributed by atoms with Crippen molar-refractivity contribution in [3.05, 3.63) is 52.3 Å². The third kappa shape index (κ3) is 5.74. The van der Waals surface area contributed by atoms with Crippen LogP contribution in [0, 0.1) is 19.3 Å². The Kier molecular flexibility index (Phi) is 7.91. The van der Waals surface area contributed by atoms with Crippen LogP contribution in [0.4, 0.5) is 0 Å². The Morgan fingerprint density at radius 2 is 1.97 bits per heavy atom. The van der Waals surface area contributed by atoms with Crippen LogP contribution in [0.2, 0.25) is 5.02 Å². The first-order valence-electron chi connectivity index (χ1n) is 11.7. The van der Waals surface area contributed by atoms with Crippen molar-refractivity contribution in [1.82, 2.24) is 14.7 Å². The fraction of sp³-hybridized carbons (Fsp3) is 0.577. The fourth-order valence-electron chi connectivity index (χ4n) is 5.14. The normalized spacial score (nSPS) is 26.7. The van der Waals surface area contributed by atoms with E-state index in [0.717, 1.165) is 18.0 Å². The maximum absolute atomic E-state index is 6.19. The van der Waals surface area contributed by atoms with E-state index in [2.05, 4.69) is 35.9 Å².